The van der Waals surface area contributed by atoms with E-state index in [1.54, 1.807) is 19.2 Å². The van der Waals surface area contributed by atoms with Crippen LogP contribution in [0, 0.1) is 11.8 Å². The van der Waals surface area contributed by atoms with Crippen molar-refractivity contribution in [1.82, 2.24) is 16.0 Å². The molecule has 3 aliphatic rings. The largest absolute Gasteiger partial charge is 0.497 e. The van der Waals surface area contributed by atoms with Gasteiger partial charge in [0.25, 0.3) is 0 Å². The Bertz CT molecular complexity index is 939. The SMILES string of the molecule is CC1CO1.COc1ccc(CC(NC(=O)CNC(=O)CC2CCOCC2)C(=O)N[C@H](C=O)CC2CCCC2)cc1. The maximum Gasteiger partial charge on any atom is 0.243 e. The first kappa shape index (κ1) is 31.5. The van der Waals surface area contributed by atoms with Crippen LogP contribution in [-0.4, -0.2) is 75.7 Å². The zero-order valence-corrected chi connectivity index (χ0v) is 23.8. The van der Waals surface area contributed by atoms with Gasteiger partial charge in [-0.25, -0.2) is 0 Å². The fourth-order valence-electron chi connectivity index (χ4n) is 5.05. The van der Waals surface area contributed by atoms with E-state index in [2.05, 4.69) is 22.9 Å². The van der Waals surface area contributed by atoms with Crippen LogP contribution in [0.1, 0.15) is 63.9 Å². The number of rotatable bonds is 13. The summed E-state index contributed by atoms with van der Waals surface area (Å²) in [4.78, 5) is 49.8. The van der Waals surface area contributed by atoms with Gasteiger partial charge in [-0.15, -0.1) is 0 Å². The van der Waals surface area contributed by atoms with Gasteiger partial charge in [-0.2, -0.15) is 0 Å². The third kappa shape index (κ3) is 12.0. The maximum absolute atomic E-state index is 13.1. The van der Waals surface area contributed by atoms with E-state index in [1.807, 2.05) is 12.1 Å². The van der Waals surface area contributed by atoms with E-state index < -0.39 is 23.9 Å². The topological polar surface area (TPSA) is 135 Å². The summed E-state index contributed by atoms with van der Waals surface area (Å²) < 4.78 is 15.2. The Balaban J connectivity index is 0.00000101. The van der Waals surface area contributed by atoms with Crippen LogP contribution < -0.4 is 20.7 Å². The fourth-order valence-corrected chi connectivity index (χ4v) is 5.05. The molecule has 3 amide bonds. The molecule has 1 aliphatic carbocycles. The van der Waals surface area contributed by atoms with Crippen molar-refractivity contribution in [3.63, 3.8) is 0 Å². The van der Waals surface area contributed by atoms with E-state index in [0.29, 0.717) is 43.8 Å². The molecule has 1 aromatic rings. The number of amides is 3. The molecule has 0 aromatic heterocycles. The molecular weight excluding hydrogens is 514 g/mol. The van der Waals surface area contributed by atoms with Crippen LogP contribution in [0.3, 0.4) is 0 Å². The Kier molecular flexibility index (Phi) is 13.4. The summed E-state index contributed by atoms with van der Waals surface area (Å²) in [5, 5.41) is 8.22. The molecule has 40 heavy (non-hydrogen) atoms. The lowest BCUT2D eigenvalue weighted by molar-refractivity contribution is -0.131. The molecule has 0 bridgehead atoms. The number of carbonyl (C=O) groups is 4. The molecule has 0 radical (unpaired) electrons. The van der Waals surface area contributed by atoms with E-state index in [1.165, 1.54) is 0 Å². The van der Waals surface area contributed by atoms with Crippen molar-refractivity contribution in [3.05, 3.63) is 29.8 Å². The highest BCUT2D eigenvalue weighted by atomic mass is 16.6. The minimum atomic E-state index is -0.885. The van der Waals surface area contributed by atoms with E-state index in [-0.39, 0.29) is 24.8 Å². The van der Waals surface area contributed by atoms with Gasteiger partial charge in [0.05, 0.1) is 32.4 Å². The molecule has 0 spiro atoms. The molecule has 10 heteroatoms. The molecule has 2 saturated heterocycles. The first-order chi connectivity index (χ1) is 19.4. The van der Waals surface area contributed by atoms with Gasteiger partial charge in [-0.1, -0.05) is 37.8 Å². The van der Waals surface area contributed by atoms with Gasteiger partial charge < -0.3 is 35.0 Å². The first-order valence-electron chi connectivity index (χ1n) is 14.5. The molecule has 2 heterocycles. The van der Waals surface area contributed by atoms with Gasteiger partial charge >= 0.3 is 0 Å². The average molecular weight is 560 g/mol. The molecule has 222 valence electrons. The Labute approximate surface area is 237 Å². The van der Waals surface area contributed by atoms with E-state index in [0.717, 1.165) is 57.0 Å². The minimum Gasteiger partial charge on any atom is -0.497 e. The third-order valence-corrected chi connectivity index (χ3v) is 7.57. The quantitative estimate of drug-likeness (QED) is 0.249. The lowest BCUT2D eigenvalue weighted by Crippen LogP contribution is -2.53. The van der Waals surface area contributed by atoms with Gasteiger partial charge in [0.15, 0.2) is 0 Å². The molecule has 3 N–H and O–H groups in total. The highest BCUT2D eigenvalue weighted by Gasteiger charge is 2.26. The summed E-state index contributed by atoms with van der Waals surface area (Å²) in [7, 11) is 1.58. The second-order valence-corrected chi connectivity index (χ2v) is 11.0. The standard InChI is InChI=1S/C27H39N3O6.C3H6O/c1-35-23-8-6-20(7-9-23)15-24(27(34)29-22(18-31)14-19-4-2-3-5-19)30-26(33)17-28-25(32)16-21-10-12-36-13-11-21;1-3-2-4-3/h6-9,18-19,21-22,24H,2-5,10-17H2,1H3,(H,28,32)(H,29,34)(H,30,33);3H,2H2,1H3/t22-,24?;/m0./s1. The molecule has 4 rings (SSSR count). The predicted molar refractivity (Wildman–Crippen MR) is 150 cm³/mol. The summed E-state index contributed by atoms with van der Waals surface area (Å²) in [5.41, 5.74) is 0.832. The van der Waals surface area contributed by atoms with Crippen molar-refractivity contribution in [2.45, 2.75) is 82.9 Å². The zero-order chi connectivity index (χ0) is 28.7. The molecule has 2 unspecified atom stereocenters. The van der Waals surface area contributed by atoms with Gasteiger partial charge in [0, 0.05) is 26.1 Å². The Morgan fingerprint density at radius 3 is 2.23 bits per heavy atom. The van der Waals surface area contributed by atoms with Crippen molar-refractivity contribution in [2.75, 3.05) is 33.5 Å². The Morgan fingerprint density at radius 2 is 1.65 bits per heavy atom. The minimum absolute atomic E-state index is 0.189. The molecule has 2 aliphatic heterocycles. The molecule has 1 saturated carbocycles. The number of epoxide rings is 1. The normalized spacial score (nSPS) is 20.3. The number of nitrogens with one attached hydrogen (secondary N) is 3. The highest BCUT2D eigenvalue weighted by molar-refractivity contribution is 5.91. The Morgan fingerprint density at radius 1 is 1.00 bits per heavy atom. The van der Waals surface area contributed by atoms with Crippen molar-refractivity contribution in [2.24, 2.45) is 11.8 Å². The molecule has 3 atom stereocenters. The third-order valence-electron chi connectivity index (χ3n) is 7.57. The van der Waals surface area contributed by atoms with Crippen molar-refractivity contribution in [3.8, 4) is 5.75 Å². The monoisotopic (exact) mass is 559 g/mol. The van der Waals surface area contributed by atoms with Crippen LogP contribution in [-0.2, 0) is 35.1 Å². The van der Waals surface area contributed by atoms with Gasteiger partial charge in [-0.3, -0.25) is 14.4 Å². The maximum atomic E-state index is 13.1. The van der Waals surface area contributed by atoms with Crippen LogP contribution in [0.15, 0.2) is 24.3 Å². The fraction of sp³-hybridized carbons (Fsp3) is 0.667. The Hall–Kier alpha value is -2.98. The first-order valence-corrected chi connectivity index (χ1v) is 14.5. The van der Waals surface area contributed by atoms with Crippen LogP contribution in [0.2, 0.25) is 0 Å². The summed E-state index contributed by atoms with van der Waals surface area (Å²) in [5.74, 6) is 0.321. The number of hydrogen-bond donors (Lipinski definition) is 3. The molecular formula is C30H45N3O7. The summed E-state index contributed by atoms with van der Waals surface area (Å²) in [6.07, 6.45) is 8.69. The summed E-state index contributed by atoms with van der Waals surface area (Å²) in [6.45, 7) is 4.14. The number of methoxy groups -OCH3 is 1. The van der Waals surface area contributed by atoms with Crippen molar-refractivity contribution in [1.29, 1.82) is 0 Å². The van der Waals surface area contributed by atoms with Crippen molar-refractivity contribution < 1.29 is 33.4 Å². The molecule has 1 aromatic carbocycles. The number of hydrogen-bond acceptors (Lipinski definition) is 7. The predicted octanol–water partition coefficient (Wildman–Crippen LogP) is 2.32. The van der Waals surface area contributed by atoms with Crippen LogP contribution in [0.25, 0.3) is 0 Å². The van der Waals surface area contributed by atoms with Crippen LogP contribution in [0.4, 0.5) is 0 Å². The van der Waals surface area contributed by atoms with Gasteiger partial charge in [0.2, 0.25) is 17.7 Å². The van der Waals surface area contributed by atoms with Crippen LogP contribution >= 0.6 is 0 Å². The number of ether oxygens (including phenoxy) is 3. The smallest absolute Gasteiger partial charge is 0.243 e. The van der Waals surface area contributed by atoms with E-state index in [9.17, 15) is 19.2 Å². The number of carbonyl (C=O) groups excluding carboxylic acids is 4. The van der Waals surface area contributed by atoms with Crippen molar-refractivity contribution >= 4 is 24.0 Å². The number of benzene rings is 1. The summed E-state index contributed by atoms with van der Waals surface area (Å²) >= 11 is 0. The summed E-state index contributed by atoms with van der Waals surface area (Å²) in [6, 6.07) is 5.76. The average Bonchev–Trinajstić information content (AvgIpc) is 3.57. The lowest BCUT2D eigenvalue weighted by Gasteiger charge is -2.23. The molecule has 10 nitrogen and oxygen atoms in total. The lowest BCUT2D eigenvalue weighted by atomic mass is 9.96. The second kappa shape index (κ2) is 17.0. The van der Waals surface area contributed by atoms with Gasteiger partial charge in [-0.05, 0) is 55.7 Å². The second-order valence-electron chi connectivity index (χ2n) is 11.0. The van der Waals surface area contributed by atoms with E-state index >= 15 is 0 Å². The number of aldehydes is 1. The highest BCUT2D eigenvalue weighted by Crippen LogP contribution is 2.28. The molecule has 3 fully saturated rings. The van der Waals surface area contributed by atoms with Gasteiger partial charge in [0.1, 0.15) is 18.1 Å². The van der Waals surface area contributed by atoms with E-state index in [4.69, 9.17) is 14.2 Å². The van der Waals surface area contributed by atoms with Crippen LogP contribution in [0.5, 0.6) is 5.75 Å². The zero-order valence-electron chi connectivity index (χ0n) is 23.8.